The summed E-state index contributed by atoms with van der Waals surface area (Å²) < 4.78 is 1.08. The van der Waals surface area contributed by atoms with Crippen molar-refractivity contribution >= 4 is 44.5 Å². The van der Waals surface area contributed by atoms with Crippen LogP contribution in [-0.2, 0) is 0 Å². The zero-order chi connectivity index (χ0) is 14.1. The third-order valence-corrected chi connectivity index (χ3v) is 5.90. The lowest BCUT2D eigenvalue weighted by Crippen LogP contribution is -2.52. The number of rotatable bonds is 2. The Morgan fingerprint density at radius 3 is 3.10 bits per heavy atom. The molecule has 1 saturated heterocycles. The van der Waals surface area contributed by atoms with Crippen molar-refractivity contribution in [2.24, 2.45) is 0 Å². The van der Waals surface area contributed by atoms with Gasteiger partial charge in [-0.25, -0.2) is 4.98 Å². The first-order valence-electron chi connectivity index (χ1n) is 6.38. The fourth-order valence-electron chi connectivity index (χ4n) is 2.20. The van der Waals surface area contributed by atoms with E-state index < -0.39 is 0 Å². The van der Waals surface area contributed by atoms with E-state index in [0.29, 0.717) is 5.69 Å². The van der Waals surface area contributed by atoms with Gasteiger partial charge in [0.05, 0.1) is 8.66 Å². The Hall–Kier alpha value is -0.760. The van der Waals surface area contributed by atoms with E-state index in [1.165, 1.54) is 11.3 Å². The predicted octanol–water partition coefficient (Wildman–Crippen LogP) is 3.07. The number of thiazole rings is 1. The maximum Gasteiger partial charge on any atom is 0.273 e. The first kappa shape index (κ1) is 14.2. The molecule has 0 bridgehead atoms. The molecule has 2 aromatic rings. The van der Waals surface area contributed by atoms with Gasteiger partial charge in [0.25, 0.3) is 5.91 Å². The van der Waals surface area contributed by atoms with E-state index in [1.807, 2.05) is 22.4 Å². The second-order valence-corrected chi connectivity index (χ2v) is 8.01. The lowest BCUT2D eigenvalue weighted by atomic mass is 10.2. The molecular weight excluding hydrogens is 358 g/mol. The topological polar surface area (TPSA) is 45.2 Å². The molecule has 1 amide bonds. The second-order valence-electron chi connectivity index (χ2n) is 4.69. The van der Waals surface area contributed by atoms with Crippen LogP contribution in [-0.4, -0.2) is 41.5 Å². The van der Waals surface area contributed by atoms with Crippen molar-refractivity contribution in [2.75, 3.05) is 19.6 Å². The third kappa shape index (κ3) is 2.81. The molecule has 3 rings (SSSR count). The van der Waals surface area contributed by atoms with Crippen LogP contribution in [0.5, 0.6) is 0 Å². The SMILES string of the molecule is CC1CNCCN1C(=O)c1csc(-c2ccc(Br)s2)n1. The van der Waals surface area contributed by atoms with Gasteiger partial charge in [-0.15, -0.1) is 22.7 Å². The molecule has 2 aromatic heterocycles. The van der Waals surface area contributed by atoms with Gasteiger partial charge in [0.1, 0.15) is 10.7 Å². The summed E-state index contributed by atoms with van der Waals surface area (Å²) in [6, 6.07) is 4.24. The van der Waals surface area contributed by atoms with Gasteiger partial charge in [0.15, 0.2) is 0 Å². The van der Waals surface area contributed by atoms with Gasteiger partial charge in [-0.1, -0.05) is 0 Å². The van der Waals surface area contributed by atoms with Crippen molar-refractivity contribution in [1.29, 1.82) is 0 Å². The van der Waals surface area contributed by atoms with Gasteiger partial charge >= 0.3 is 0 Å². The predicted molar refractivity (Wildman–Crippen MR) is 86.5 cm³/mol. The maximum atomic E-state index is 12.5. The first-order valence-corrected chi connectivity index (χ1v) is 8.87. The van der Waals surface area contributed by atoms with E-state index >= 15 is 0 Å². The standard InChI is InChI=1S/C13H14BrN3OS2/c1-8-6-15-4-5-17(8)13(18)9-7-19-12(16-9)10-2-3-11(14)20-10/h2-3,7-8,15H,4-6H2,1H3. The fraction of sp³-hybridized carbons (Fsp3) is 0.385. The van der Waals surface area contributed by atoms with Gasteiger partial charge in [-0.3, -0.25) is 4.79 Å². The van der Waals surface area contributed by atoms with Crippen molar-refractivity contribution < 1.29 is 4.79 Å². The number of halogens is 1. The average molecular weight is 372 g/mol. The summed E-state index contributed by atoms with van der Waals surface area (Å²) in [5.41, 5.74) is 0.559. The van der Waals surface area contributed by atoms with Gasteiger partial charge in [0, 0.05) is 31.1 Å². The molecule has 7 heteroatoms. The Morgan fingerprint density at radius 2 is 2.40 bits per heavy atom. The molecule has 4 nitrogen and oxygen atoms in total. The number of amides is 1. The summed E-state index contributed by atoms with van der Waals surface area (Å²) in [7, 11) is 0. The molecule has 106 valence electrons. The Kier molecular flexibility index (Phi) is 4.21. The molecule has 1 aliphatic rings. The Bertz CT molecular complexity index is 625. The van der Waals surface area contributed by atoms with Crippen LogP contribution in [0.2, 0.25) is 0 Å². The molecule has 0 aliphatic carbocycles. The number of piperazine rings is 1. The molecule has 0 radical (unpaired) electrons. The highest BCUT2D eigenvalue weighted by Gasteiger charge is 2.25. The molecule has 0 aromatic carbocycles. The largest absolute Gasteiger partial charge is 0.332 e. The van der Waals surface area contributed by atoms with E-state index in [0.717, 1.165) is 33.3 Å². The van der Waals surface area contributed by atoms with Crippen LogP contribution in [0.3, 0.4) is 0 Å². The first-order chi connectivity index (χ1) is 9.65. The lowest BCUT2D eigenvalue weighted by Gasteiger charge is -2.33. The van der Waals surface area contributed by atoms with Gasteiger partial charge in [0.2, 0.25) is 0 Å². The second kappa shape index (κ2) is 5.93. The molecule has 1 atom stereocenters. The summed E-state index contributed by atoms with van der Waals surface area (Å²) in [6.45, 7) is 4.51. The summed E-state index contributed by atoms with van der Waals surface area (Å²) >= 11 is 6.61. The van der Waals surface area contributed by atoms with Gasteiger partial charge in [-0.05, 0) is 35.0 Å². The lowest BCUT2D eigenvalue weighted by molar-refractivity contribution is 0.0650. The number of carbonyl (C=O) groups excluding carboxylic acids is 1. The number of hydrogen-bond donors (Lipinski definition) is 1. The van der Waals surface area contributed by atoms with Crippen molar-refractivity contribution in [3.8, 4) is 9.88 Å². The Balaban J connectivity index is 1.81. The fourth-order valence-corrected chi connectivity index (χ4v) is 4.46. The Morgan fingerprint density at radius 1 is 1.55 bits per heavy atom. The van der Waals surface area contributed by atoms with Crippen molar-refractivity contribution in [3.63, 3.8) is 0 Å². The van der Waals surface area contributed by atoms with E-state index in [9.17, 15) is 4.79 Å². The maximum absolute atomic E-state index is 12.5. The monoisotopic (exact) mass is 371 g/mol. The summed E-state index contributed by atoms with van der Waals surface area (Å²) in [5, 5.41) is 6.06. The number of hydrogen-bond acceptors (Lipinski definition) is 5. The average Bonchev–Trinajstić information content (AvgIpc) is 3.07. The van der Waals surface area contributed by atoms with Crippen LogP contribution >= 0.6 is 38.6 Å². The summed E-state index contributed by atoms with van der Waals surface area (Å²) in [5.74, 6) is 0.0390. The molecule has 0 spiro atoms. The molecule has 1 unspecified atom stereocenters. The van der Waals surface area contributed by atoms with E-state index in [4.69, 9.17) is 0 Å². The Labute approximate surface area is 134 Å². The normalized spacial score (nSPS) is 19.3. The highest BCUT2D eigenvalue weighted by Crippen LogP contribution is 2.33. The van der Waals surface area contributed by atoms with Crippen molar-refractivity contribution in [1.82, 2.24) is 15.2 Å². The highest BCUT2D eigenvalue weighted by atomic mass is 79.9. The number of nitrogens with one attached hydrogen (secondary N) is 1. The third-order valence-electron chi connectivity index (χ3n) is 3.27. The molecule has 1 N–H and O–H groups in total. The number of aromatic nitrogens is 1. The minimum atomic E-state index is 0.0390. The van der Waals surface area contributed by atoms with Crippen LogP contribution in [0.1, 0.15) is 17.4 Å². The van der Waals surface area contributed by atoms with Crippen molar-refractivity contribution in [2.45, 2.75) is 13.0 Å². The van der Waals surface area contributed by atoms with Crippen LogP contribution in [0.15, 0.2) is 21.3 Å². The minimum Gasteiger partial charge on any atom is -0.332 e. The molecule has 1 fully saturated rings. The highest BCUT2D eigenvalue weighted by molar-refractivity contribution is 9.11. The molecule has 3 heterocycles. The summed E-state index contributed by atoms with van der Waals surface area (Å²) in [6.07, 6.45) is 0. The number of thiophene rings is 1. The van der Waals surface area contributed by atoms with Crippen LogP contribution in [0.4, 0.5) is 0 Å². The molecule has 1 aliphatic heterocycles. The van der Waals surface area contributed by atoms with Crippen molar-refractivity contribution in [3.05, 3.63) is 27.0 Å². The van der Waals surface area contributed by atoms with Crippen LogP contribution < -0.4 is 5.32 Å². The van der Waals surface area contributed by atoms with E-state index in [-0.39, 0.29) is 11.9 Å². The quantitative estimate of drug-likeness (QED) is 0.881. The molecule has 20 heavy (non-hydrogen) atoms. The van der Waals surface area contributed by atoms with Crippen LogP contribution in [0, 0.1) is 0 Å². The number of nitrogens with zero attached hydrogens (tertiary/aromatic N) is 2. The van der Waals surface area contributed by atoms with Crippen LogP contribution in [0.25, 0.3) is 9.88 Å². The van der Waals surface area contributed by atoms with Gasteiger partial charge < -0.3 is 10.2 Å². The molecular formula is C13H14BrN3OS2. The zero-order valence-electron chi connectivity index (χ0n) is 10.9. The van der Waals surface area contributed by atoms with E-state index in [1.54, 1.807) is 11.3 Å². The zero-order valence-corrected chi connectivity index (χ0v) is 14.1. The van der Waals surface area contributed by atoms with Gasteiger partial charge in [-0.2, -0.15) is 0 Å². The summed E-state index contributed by atoms with van der Waals surface area (Å²) in [4.78, 5) is 20.0. The minimum absolute atomic E-state index is 0.0390. The molecule has 0 saturated carbocycles. The van der Waals surface area contributed by atoms with E-state index in [2.05, 4.69) is 33.2 Å². The smallest absolute Gasteiger partial charge is 0.273 e. The number of carbonyl (C=O) groups is 1.